The summed E-state index contributed by atoms with van der Waals surface area (Å²) < 4.78 is 0. The van der Waals surface area contributed by atoms with E-state index in [1.54, 1.807) is 12.3 Å². The first-order valence-corrected chi connectivity index (χ1v) is 7.10. The van der Waals surface area contributed by atoms with Gasteiger partial charge in [-0.2, -0.15) is 0 Å². The minimum Gasteiger partial charge on any atom is -0.339 e. The van der Waals surface area contributed by atoms with Crippen molar-refractivity contribution in [3.63, 3.8) is 0 Å². The number of nitrogens with two attached hydrogens (primary N) is 1. The average Bonchev–Trinajstić information content (AvgIpc) is 2.89. The molecule has 0 aliphatic carbocycles. The number of nitrogens with one attached hydrogen (secondary N) is 1. The molecule has 2 rings (SSSR count). The van der Waals surface area contributed by atoms with Crippen molar-refractivity contribution in [2.75, 3.05) is 7.05 Å². The molecule has 7 nitrogen and oxygen atoms in total. The van der Waals surface area contributed by atoms with E-state index in [-0.39, 0.29) is 24.1 Å². The quantitative estimate of drug-likeness (QED) is 0.766. The van der Waals surface area contributed by atoms with Gasteiger partial charge in [-0.05, 0) is 13.3 Å². The SMILES string of the molecule is CC(N)c1nc(C(=O)NC2CCC(=O)N(C)C2=O)cs1. The predicted molar refractivity (Wildman–Crippen MR) is 73.0 cm³/mol. The predicted octanol–water partition coefficient (Wildman–Crippen LogP) is 0.0400. The number of thiazole rings is 1. The van der Waals surface area contributed by atoms with Gasteiger partial charge in [0, 0.05) is 18.8 Å². The maximum absolute atomic E-state index is 12.0. The van der Waals surface area contributed by atoms with E-state index in [4.69, 9.17) is 5.73 Å². The lowest BCUT2D eigenvalue weighted by molar-refractivity contribution is -0.147. The van der Waals surface area contributed by atoms with E-state index in [2.05, 4.69) is 10.3 Å². The van der Waals surface area contributed by atoms with Crippen LogP contribution in [-0.4, -0.2) is 40.7 Å². The summed E-state index contributed by atoms with van der Waals surface area (Å²) in [7, 11) is 1.42. The Bertz CT molecular complexity index is 555. The van der Waals surface area contributed by atoms with Gasteiger partial charge in [0.05, 0.1) is 6.04 Å². The third-order valence-electron chi connectivity index (χ3n) is 3.10. The zero-order valence-electron chi connectivity index (χ0n) is 11.3. The van der Waals surface area contributed by atoms with Crippen molar-refractivity contribution in [3.8, 4) is 0 Å². The maximum atomic E-state index is 12.0. The molecule has 2 heterocycles. The second kappa shape index (κ2) is 5.68. The largest absolute Gasteiger partial charge is 0.339 e. The van der Waals surface area contributed by atoms with E-state index < -0.39 is 17.9 Å². The molecule has 1 saturated heterocycles. The van der Waals surface area contributed by atoms with Crippen molar-refractivity contribution in [1.29, 1.82) is 0 Å². The van der Waals surface area contributed by atoms with Crippen LogP contribution in [0.1, 0.15) is 41.3 Å². The molecule has 20 heavy (non-hydrogen) atoms. The number of piperidine rings is 1. The highest BCUT2D eigenvalue weighted by molar-refractivity contribution is 7.09. The fraction of sp³-hybridized carbons (Fsp3) is 0.500. The second-order valence-electron chi connectivity index (χ2n) is 4.72. The van der Waals surface area contributed by atoms with Crippen LogP contribution in [0, 0.1) is 0 Å². The number of likely N-dealkylation sites (tertiary alicyclic amines) is 1. The minimum atomic E-state index is -0.675. The second-order valence-corrected chi connectivity index (χ2v) is 5.61. The molecule has 108 valence electrons. The number of rotatable bonds is 3. The number of hydrogen-bond donors (Lipinski definition) is 2. The van der Waals surface area contributed by atoms with E-state index in [0.29, 0.717) is 11.4 Å². The molecule has 3 N–H and O–H groups in total. The smallest absolute Gasteiger partial charge is 0.271 e. The molecule has 0 radical (unpaired) electrons. The van der Waals surface area contributed by atoms with Crippen LogP contribution in [0.5, 0.6) is 0 Å². The Labute approximate surface area is 120 Å². The maximum Gasteiger partial charge on any atom is 0.271 e. The van der Waals surface area contributed by atoms with Crippen LogP contribution in [0.3, 0.4) is 0 Å². The molecule has 1 aromatic heterocycles. The van der Waals surface area contributed by atoms with E-state index in [0.717, 1.165) is 4.90 Å². The molecule has 1 aromatic rings. The molecule has 3 amide bonds. The van der Waals surface area contributed by atoms with Gasteiger partial charge in [0.25, 0.3) is 11.8 Å². The fourth-order valence-corrected chi connectivity index (χ4v) is 2.64. The van der Waals surface area contributed by atoms with Crippen LogP contribution < -0.4 is 11.1 Å². The molecule has 0 saturated carbocycles. The Balaban J connectivity index is 2.04. The Morgan fingerprint density at radius 2 is 2.30 bits per heavy atom. The van der Waals surface area contributed by atoms with Crippen molar-refractivity contribution < 1.29 is 14.4 Å². The van der Waals surface area contributed by atoms with E-state index >= 15 is 0 Å². The van der Waals surface area contributed by atoms with E-state index in [9.17, 15) is 14.4 Å². The van der Waals surface area contributed by atoms with Gasteiger partial charge in [0.15, 0.2) is 0 Å². The first kappa shape index (κ1) is 14.6. The molecule has 0 aromatic carbocycles. The lowest BCUT2D eigenvalue weighted by atomic mass is 10.0. The Morgan fingerprint density at radius 1 is 1.60 bits per heavy atom. The number of imide groups is 1. The Hall–Kier alpha value is -1.80. The summed E-state index contributed by atoms with van der Waals surface area (Å²) in [5.41, 5.74) is 5.93. The lowest BCUT2D eigenvalue weighted by Crippen LogP contribution is -2.52. The Morgan fingerprint density at radius 3 is 2.90 bits per heavy atom. The van der Waals surface area contributed by atoms with Gasteiger partial charge in [0.1, 0.15) is 16.7 Å². The van der Waals surface area contributed by atoms with E-state index in [1.165, 1.54) is 18.4 Å². The molecular weight excluding hydrogens is 280 g/mol. The Kier molecular flexibility index (Phi) is 4.15. The third kappa shape index (κ3) is 2.86. The molecule has 0 spiro atoms. The number of carbonyl (C=O) groups is 3. The van der Waals surface area contributed by atoms with Crippen molar-refractivity contribution >= 4 is 29.1 Å². The summed E-state index contributed by atoms with van der Waals surface area (Å²) in [4.78, 5) is 40.4. The topological polar surface area (TPSA) is 105 Å². The first-order valence-electron chi connectivity index (χ1n) is 6.22. The molecule has 0 bridgehead atoms. The number of likely N-dealkylation sites (N-methyl/N-ethyl adjacent to an activating group) is 1. The minimum absolute atomic E-state index is 0.228. The van der Waals surface area contributed by atoms with Gasteiger partial charge >= 0.3 is 0 Å². The molecule has 1 aliphatic heterocycles. The monoisotopic (exact) mass is 296 g/mol. The van der Waals surface area contributed by atoms with Gasteiger partial charge < -0.3 is 11.1 Å². The summed E-state index contributed by atoms with van der Waals surface area (Å²) in [5, 5.41) is 4.88. The standard InChI is InChI=1S/C12H16N4O3S/c1-6(13)11-15-8(5-20-11)10(18)14-7-3-4-9(17)16(2)12(7)19/h5-7H,3-4,13H2,1-2H3,(H,14,18). The zero-order valence-corrected chi connectivity index (χ0v) is 12.1. The van der Waals surface area contributed by atoms with Gasteiger partial charge in [-0.1, -0.05) is 0 Å². The lowest BCUT2D eigenvalue weighted by Gasteiger charge is -2.27. The van der Waals surface area contributed by atoms with Crippen molar-refractivity contribution in [2.24, 2.45) is 5.73 Å². The molecule has 2 atom stereocenters. The fourth-order valence-electron chi connectivity index (χ4n) is 1.88. The summed E-state index contributed by atoms with van der Waals surface area (Å²) in [6.45, 7) is 1.78. The molecule has 1 aliphatic rings. The van der Waals surface area contributed by atoms with E-state index in [1.807, 2.05) is 0 Å². The molecule has 8 heteroatoms. The average molecular weight is 296 g/mol. The molecule has 2 unspecified atom stereocenters. The van der Waals surface area contributed by atoms with Crippen LogP contribution in [0.25, 0.3) is 0 Å². The molecule has 1 fully saturated rings. The van der Waals surface area contributed by atoms with Gasteiger partial charge in [0.2, 0.25) is 5.91 Å². The van der Waals surface area contributed by atoms with Crippen LogP contribution in [0.2, 0.25) is 0 Å². The summed E-state index contributed by atoms with van der Waals surface area (Å²) in [5.74, 6) is -1.04. The summed E-state index contributed by atoms with van der Waals surface area (Å²) in [6, 6.07) is -0.910. The number of hydrogen-bond acceptors (Lipinski definition) is 6. The number of nitrogens with zero attached hydrogens (tertiary/aromatic N) is 2. The highest BCUT2D eigenvalue weighted by Crippen LogP contribution is 2.17. The normalized spacial score (nSPS) is 20.9. The zero-order chi connectivity index (χ0) is 14.9. The number of carbonyl (C=O) groups excluding carboxylic acids is 3. The van der Waals surface area contributed by atoms with Crippen molar-refractivity contribution in [2.45, 2.75) is 31.8 Å². The third-order valence-corrected chi connectivity index (χ3v) is 4.14. The van der Waals surface area contributed by atoms with Crippen molar-refractivity contribution in [3.05, 3.63) is 16.1 Å². The van der Waals surface area contributed by atoms with Crippen LogP contribution in [0.4, 0.5) is 0 Å². The van der Waals surface area contributed by atoms with Crippen LogP contribution >= 0.6 is 11.3 Å². The van der Waals surface area contributed by atoms with Gasteiger partial charge in [-0.3, -0.25) is 19.3 Å². The number of amides is 3. The highest BCUT2D eigenvalue weighted by Gasteiger charge is 2.33. The summed E-state index contributed by atoms with van der Waals surface area (Å²) >= 11 is 1.30. The van der Waals surface area contributed by atoms with Crippen molar-refractivity contribution in [1.82, 2.24) is 15.2 Å². The van der Waals surface area contributed by atoms with Gasteiger partial charge in [-0.25, -0.2) is 4.98 Å². The van der Waals surface area contributed by atoms with Gasteiger partial charge in [-0.15, -0.1) is 11.3 Å². The first-order chi connectivity index (χ1) is 9.40. The highest BCUT2D eigenvalue weighted by atomic mass is 32.1. The number of aromatic nitrogens is 1. The van der Waals surface area contributed by atoms with Crippen LogP contribution in [-0.2, 0) is 9.59 Å². The summed E-state index contributed by atoms with van der Waals surface area (Å²) in [6.07, 6.45) is 0.563. The van der Waals surface area contributed by atoms with Crippen LogP contribution in [0.15, 0.2) is 5.38 Å². The molecular formula is C12H16N4O3S.